The summed E-state index contributed by atoms with van der Waals surface area (Å²) in [6.45, 7) is 9.83. The Hall–Kier alpha value is -0.840. The average Bonchev–Trinajstić information content (AvgIpc) is 2.23. The van der Waals surface area contributed by atoms with E-state index in [-0.39, 0.29) is 5.56 Å². The molecule has 0 aliphatic rings. The summed E-state index contributed by atoms with van der Waals surface area (Å²) < 4.78 is 2.06. The van der Waals surface area contributed by atoms with Crippen LogP contribution < -0.4 is 10.9 Å². The van der Waals surface area contributed by atoms with E-state index >= 15 is 0 Å². The first-order chi connectivity index (χ1) is 7.91. The van der Waals surface area contributed by atoms with E-state index in [9.17, 15) is 4.79 Å². The second-order valence-corrected chi connectivity index (χ2v) is 5.82. The van der Waals surface area contributed by atoms with Crippen molar-refractivity contribution in [3.05, 3.63) is 21.0 Å². The van der Waals surface area contributed by atoms with E-state index in [1.165, 1.54) is 4.68 Å². The molecule has 1 aromatic rings. The van der Waals surface area contributed by atoms with E-state index in [0.29, 0.717) is 22.9 Å². The van der Waals surface area contributed by atoms with Crippen LogP contribution in [0.5, 0.6) is 0 Å². The summed E-state index contributed by atoms with van der Waals surface area (Å²) in [5.74, 6) is 0.932. The number of hydrogen-bond donors (Lipinski definition) is 1. The molecule has 96 valence electrons. The van der Waals surface area contributed by atoms with Crippen molar-refractivity contribution in [1.29, 1.82) is 0 Å². The van der Waals surface area contributed by atoms with Gasteiger partial charge in [-0.2, -0.15) is 5.10 Å². The topological polar surface area (TPSA) is 46.9 Å². The second-order valence-electron chi connectivity index (χ2n) is 5.03. The molecule has 0 unspecified atom stereocenters. The van der Waals surface area contributed by atoms with Crippen LogP contribution in [0.2, 0.25) is 0 Å². The first-order valence-corrected chi connectivity index (χ1v) is 6.70. The van der Waals surface area contributed by atoms with Crippen molar-refractivity contribution < 1.29 is 0 Å². The predicted molar refractivity (Wildman–Crippen MR) is 74.4 cm³/mol. The first-order valence-electron chi connectivity index (χ1n) is 5.91. The zero-order valence-electron chi connectivity index (χ0n) is 10.8. The van der Waals surface area contributed by atoms with Gasteiger partial charge >= 0.3 is 0 Å². The standard InChI is InChI=1S/C12H20BrN3O/c1-8(2)5-14-10-6-15-16(7-9(3)4)12(17)11(10)13/h6,8-9,14H,5,7H2,1-4H3. The van der Waals surface area contributed by atoms with E-state index < -0.39 is 0 Å². The minimum absolute atomic E-state index is 0.0764. The molecule has 0 aromatic carbocycles. The van der Waals surface area contributed by atoms with Crippen LogP contribution in [-0.2, 0) is 6.54 Å². The Morgan fingerprint density at radius 2 is 2.00 bits per heavy atom. The molecule has 0 saturated carbocycles. The SMILES string of the molecule is CC(C)CNc1cnn(CC(C)C)c(=O)c1Br. The minimum Gasteiger partial charge on any atom is -0.382 e. The molecule has 0 spiro atoms. The lowest BCUT2D eigenvalue weighted by Crippen LogP contribution is -2.26. The molecule has 0 saturated heterocycles. The maximum absolute atomic E-state index is 12.0. The third kappa shape index (κ3) is 4.15. The third-order valence-electron chi connectivity index (χ3n) is 2.22. The fourth-order valence-electron chi connectivity index (χ4n) is 1.38. The summed E-state index contributed by atoms with van der Waals surface area (Å²) in [7, 11) is 0. The highest BCUT2D eigenvalue weighted by Crippen LogP contribution is 2.16. The molecule has 0 aliphatic carbocycles. The van der Waals surface area contributed by atoms with E-state index in [2.05, 4.69) is 54.0 Å². The van der Waals surface area contributed by atoms with E-state index in [1.807, 2.05) is 0 Å². The fraction of sp³-hybridized carbons (Fsp3) is 0.667. The zero-order chi connectivity index (χ0) is 13.0. The molecule has 0 fully saturated rings. The van der Waals surface area contributed by atoms with Crippen molar-refractivity contribution in [3.8, 4) is 0 Å². The molecule has 0 amide bonds. The third-order valence-corrected chi connectivity index (χ3v) is 2.99. The van der Waals surface area contributed by atoms with Crippen LogP contribution in [0.25, 0.3) is 0 Å². The van der Waals surface area contributed by atoms with Gasteiger partial charge in [-0.15, -0.1) is 0 Å². The van der Waals surface area contributed by atoms with Gasteiger partial charge in [-0.25, -0.2) is 4.68 Å². The number of hydrogen-bond acceptors (Lipinski definition) is 3. The Bertz CT molecular complexity index is 426. The van der Waals surface area contributed by atoms with Gasteiger partial charge in [-0.05, 0) is 27.8 Å². The van der Waals surface area contributed by atoms with Gasteiger partial charge in [0.05, 0.1) is 11.9 Å². The lowest BCUT2D eigenvalue weighted by molar-refractivity contribution is 0.462. The Kier molecular flexibility index (Phi) is 5.18. The molecule has 1 N–H and O–H groups in total. The lowest BCUT2D eigenvalue weighted by atomic mass is 10.2. The van der Waals surface area contributed by atoms with Gasteiger partial charge in [0.15, 0.2) is 0 Å². The van der Waals surface area contributed by atoms with E-state index in [1.54, 1.807) is 6.20 Å². The normalized spacial score (nSPS) is 11.2. The fourth-order valence-corrected chi connectivity index (χ4v) is 1.83. The van der Waals surface area contributed by atoms with Gasteiger partial charge < -0.3 is 5.32 Å². The molecule has 0 atom stereocenters. The molecular weight excluding hydrogens is 282 g/mol. The predicted octanol–water partition coefficient (Wildman–Crippen LogP) is 2.73. The highest BCUT2D eigenvalue weighted by atomic mass is 79.9. The highest BCUT2D eigenvalue weighted by Gasteiger charge is 2.09. The first kappa shape index (κ1) is 14.2. The zero-order valence-corrected chi connectivity index (χ0v) is 12.4. The molecule has 1 heterocycles. The van der Waals surface area contributed by atoms with E-state index in [4.69, 9.17) is 0 Å². The summed E-state index contributed by atoms with van der Waals surface area (Å²) in [4.78, 5) is 12.0. The van der Waals surface area contributed by atoms with Crippen molar-refractivity contribution in [3.63, 3.8) is 0 Å². The molecule has 0 radical (unpaired) electrons. The largest absolute Gasteiger partial charge is 0.382 e. The van der Waals surface area contributed by atoms with Crippen molar-refractivity contribution in [1.82, 2.24) is 9.78 Å². The molecular formula is C12H20BrN3O. The van der Waals surface area contributed by atoms with Gasteiger partial charge in [0.2, 0.25) is 0 Å². The molecule has 0 bridgehead atoms. The molecule has 1 rings (SSSR count). The van der Waals surface area contributed by atoms with E-state index in [0.717, 1.165) is 12.2 Å². The van der Waals surface area contributed by atoms with Gasteiger partial charge in [-0.1, -0.05) is 27.7 Å². The van der Waals surface area contributed by atoms with Crippen molar-refractivity contribution in [2.75, 3.05) is 11.9 Å². The van der Waals surface area contributed by atoms with Crippen molar-refractivity contribution in [2.45, 2.75) is 34.2 Å². The maximum Gasteiger partial charge on any atom is 0.283 e. The van der Waals surface area contributed by atoms with Crippen LogP contribution in [0, 0.1) is 11.8 Å². The summed E-state index contributed by atoms with van der Waals surface area (Å²) >= 11 is 3.34. The highest BCUT2D eigenvalue weighted by molar-refractivity contribution is 9.10. The number of anilines is 1. The summed E-state index contributed by atoms with van der Waals surface area (Å²) in [5, 5.41) is 7.38. The Balaban J connectivity index is 2.90. The molecule has 17 heavy (non-hydrogen) atoms. The van der Waals surface area contributed by atoms with Gasteiger partial charge in [-0.3, -0.25) is 4.79 Å². The number of halogens is 1. The quantitative estimate of drug-likeness (QED) is 0.909. The van der Waals surface area contributed by atoms with Gasteiger partial charge in [0, 0.05) is 13.1 Å². The van der Waals surface area contributed by atoms with Crippen LogP contribution in [0.3, 0.4) is 0 Å². The lowest BCUT2D eigenvalue weighted by Gasteiger charge is -2.12. The maximum atomic E-state index is 12.0. The Labute approximate surface area is 111 Å². The Morgan fingerprint density at radius 1 is 1.35 bits per heavy atom. The second kappa shape index (κ2) is 6.19. The van der Waals surface area contributed by atoms with Crippen LogP contribution in [0.15, 0.2) is 15.5 Å². The number of aromatic nitrogens is 2. The van der Waals surface area contributed by atoms with Crippen LogP contribution >= 0.6 is 15.9 Å². The molecule has 1 aromatic heterocycles. The van der Waals surface area contributed by atoms with Gasteiger partial charge in [0.25, 0.3) is 5.56 Å². The van der Waals surface area contributed by atoms with Crippen molar-refractivity contribution >= 4 is 21.6 Å². The number of nitrogens with zero attached hydrogens (tertiary/aromatic N) is 2. The van der Waals surface area contributed by atoms with Crippen LogP contribution in [0.1, 0.15) is 27.7 Å². The summed E-state index contributed by atoms with van der Waals surface area (Å²) in [6, 6.07) is 0. The number of rotatable bonds is 5. The molecule has 0 aliphatic heterocycles. The molecule has 4 nitrogen and oxygen atoms in total. The van der Waals surface area contributed by atoms with Crippen LogP contribution in [-0.4, -0.2) is 16.3 Å². The Morgan fingerprint density at radius 3 is 2.53 bits per heavy atom. The summed E-state index contributed by atoms with van der Waals surface area (Å²) in [5.41, 5.74) is 0.691. The number of nitrogens with one attached hydrogen (secondary N) is 1. The smallest absolute Gasteiger partial charge is 0.283 e. The minimum atomic E-state index is -0.0764. The van der Waals surface area contributed by atoms with Crippen LogP contribution in [0.4, 0.5) is 5.69 Å². The molecule has 5 heteroatoms. The van der Waals surface area contributed by atoms with Gasteiger partial charge in [0.1, 0.15) is 4.47 Å². The average molecular weight is 302 g/mol. The monoisotopic (exact) mass is 301 g/mol. The summed E-state index contributed by atoms with van der Waals surface area (Å²) in [6.07, 6.45) is 1.70. The van der Waals surface area contributed by atoms with Crippen molar-refractivity contribution in [2.24, 2.45) is 11.8 Å².